The fourth-order valence-corrected chi connectivity index (χ4v) is 1.48. The van der Waals surface area contributed by atoms with Gasteiger partial charge in [-0.3, -0.25) is 9.69 Å². The molecule has 0 aromatic heterocycles. The Morgan fingerprint density at radius 3 is 2.73 bits per heavy atom. The Morgan fingerprint density at radius 2 is 2.45 bits per heavy atom. The van der Waals surface area contributed by atoms with Gasteiger partial charge in [0.2, 0.25) is 5.91 Å². The van der Waals surface area contributed by atoms with E-state index in [1.54, 1.807) is 0 Å². The van der Waals surface area contributed by atoms with Crippen molar-refractivity contribution in [3.05, 3.63) is 0 Å². The van der Waals surface area contributed by atoms with Crippen molar-refractivity contribution in [3.63, 3.8) is 0 Å². The van der Waals surface area contributed by atoms with E-state index >= 15 is 0 Å². The summed E-state index contributed by atoms with van der Waals surface area (Å²) >= 11 is 0. The van der Waals surface area contributed by atoms with Crippen molar-refractivity contribution in [1.29, 1.82) is 0 Å². The Kier molecular flexibility index (Phi) is 2.49. The van der Waals surface area contributed by atoms with E-state index in [9.17, 15) is 4.79 Å². The summed E-state index contributed by atoms with van der Waals surface area (Å²) in [5.41, 5.74) is 5.20. The molecular weight excluding hydrogens is 140 g/mol. The van der Waals surface area contributed by atoms with Gasteiger partial charge in [-0.15, -0.1) is 0 Å². The Morgan fingerprint density at radius 1 is 1.82 bits per heavy atom. The van der Waals surface area contributed by atoms with Crippen LogP contribution in [-0.4, -0.2) is 29.4 Å². The molecule has 0 aliphatic carbocycles. The van der Waals surface area contributed by atoms with E-state index in [1.165, 1.54) is 0 Å². The molecule has 0 radical (unpaired) electrons. The van der Waals surface area contributed by atoms with E-state index in [0.717, 1.165) is 19.4 Å². The van der Waals surface area contributed by atoms with E-state index in [2.05, 4.69) is 18.7 Å². The summed E-state index contributed by atoms with van der Waals surface area (Å²) in [4.78, 5) is 13.0. The third-order valence-corrected chi connectivity index (χ3v) is 2.55. The van der Waals surface area contributed by atoms with Crippen LogP contribution in [0.15, 0.2) is 0 Å². The van der Waals surface area contributed by atoms with Crippen molar-refractivity contribution < 1.29 is 4.79 Å². The molecule has 2 atom stereocenters. The lowest BCUT2D eigenvalue weighted by Crippen LogP contribution is -2.57. The number of rotatable bonds is 3. The van der Waals surface area contributed by atoms with Crippen LogP contribution in [0.5, 0.6) is 0 Å². The van der Waals surface area contributed by atoms with Crippen molar-refractivity contribution in [2.75, 3.05) is 6.54 Å². The summed E-state index contributed by atoms with van der Waals surface area (Å²) in [6.07, 6.45) is 2.03. The number of primary amides is 1. The average Bonchev–Trinajstić information content (AvgIpc) is 1.83. The molecule has 0 aromatic carbocycles. The molecule has 1 amide bonds. The summed E-state index contributed by atoms with van der Waals surface area (Å²) in [6.45, 7) is 5.29. The summed E-state index contributed by atoms with van der Waals surface area (Å²) in [6, 6.07) is 0.520. The topological polar surface area (TPSA) is 46.3 Å². The summed E-state index contributed by atoms with van der Waals surface area (Å²) in [5, 5.41) is 0. The van der Waals surface area contributed by atoms with Crippen molar-refractivity contribution >= 4 is 5.91 Å². The monoisotopic (exact) mass is 156 g/mol. The predicted molar refractivity (Wildman–Crippen MR) is 44.1 cm³/mol. The van der Waals surface area contributed by atoms with Gasteiger partial charge < -0.3 is 5.73 Å². The van der Waals surface area contributed by atoms with E-state index in [0.29, 0.717) is 6.04 Å². The van der Waals surface area contributed by atoms with Gasteiger partial charge in [0.15, 0.2) is 0 Å². The second-order valence-corrected chi connectivity index (χ2v) is 3.20. The molecule has 1 aliphatic rings. The largest absolute Gasteiger partial charge is 0.368 e. The van der Waals surface area contributed by atoms with Crippen LogP contribution >= 0.6 is 0 Å². The molecule has 1 fully saturated rings. The molecule has 3 heteroatoms. The molecule has 1 aliphatic heterocycles. The van der Waals surface area contributed by atoms with E-state index in [4.69, 9.17) is 5.73 Å². The first-order chi connectivity index (χ1) is 5.16. The fourth-order valence-electron chi connectivity index (χ4n) is 1.48. The smallest absolute Gasteiger partial charge is 0.234 e. The van der Waals surface area contributed by atoms with Crippen LogP contribution in [0, 0.1) is 0 Å². The molecule has 2 N–H and O–H groups in total. The Bertz CT molecular complexity index is 158. The van der Waals surface area contributed by atoms with Gasteiger partial charge in [0, 0.05) is 12.6 Å². The van der Waals surface area contributed by atoms with Gasteiger partial charge in [-0.05, 0) is 19.8 Å². The summed E-state index contributed by atoms with van der Waals surface area (Å²) < 4.78 is 0. The lowest BCUT2D eigenvalue weighted by molar-refractivity contribution is -0.129. The highest BCUT2D eigenvalue weighted by molar-refractivity contribution is 5.80. The minimum atomic E-state index is -0.170. The molecule has 1 rings (SSSR count). The molecule has 1 heterocycles. The van der Waals surface area contributed by atoms with Gasteiger partial charge in [0.1, 0.15) is 0 Å². The fraction of sp³-hybridized carbons (Fsp3) is 0.875. The highest BCUT2D eigenvalue weighted by Crippen LogP contribution is 2.21. The molecule has 64 valence electrons. The Labute approximate surface area is 67.5 Å². The van der Waals surface area contributed by atoms with E-state index < -0.39 is 0 Å². The van der Waals surface area contributed by atoms with Gasteiger partial charge in [0.25, 0.3) is 0 Å². The van der Waals surface area contributed by atoms with Gasteiger partial charge in [-0.1, -0.05) is 6.92 Å². The van der Waals surface area contributed by atoms with Crippen molar-refractivity contribution in [3.8, 4) is 0 Å². The van der Waals surface area contributed by atoms with Gasteiger partial charge in [0.05, 0.1) is 6.04 Å². The van der Waals surface area contributed by atoms with Crippen molar-refractivity contribution in [2.24, 2.45) is 5.73 Å². The normalized spacial score (nSPS) is 27.6. The summed E-state index contributed by atoms with van der Waals surface area (Å²) in [5.74, 6) is -0.170. The molecule has 0 spiro atoms. The molecule has 3 nitrogen and oxygen atoms in total. The molecule has 1 unspecified atom stereocenters. The molecule has 0 aromatic rings. The third-order valence-electron chi connectivity index (χ3n) is 2.55. The van der Waals surface area contributed by atoms with E-state index in [-0.39, 0.29) is 11.9 Å². The van der Waals surface area contributed by atoms with E-state index in [1.807, 2.05) is 0 Å². The van der Waals surface area contributed by atoms with Crippen LogP contribution in [-0.2, 0) is 4.79 Å². The SMILES string of the molecule is CCC(C)N1CC[C@H]1C(N)=O. The van der Waals surface area contributed by atoms with Crippen LogP contribution in [0.4, 0.5) is 0 Å². The number of hydrogen-bond donors (Lipinski definition) is 1. The standard InChI is InChI=1S/C8H16N2O/c1-3-6(2)10-5-4-7(10)8(9)11/h6-7H,3-5H2,1-2H3,(H2,9,11)/t6?,7-/m0/s1. The summed E-state index contributed by atoms with van der Waals surface area (Å²) in [7, 11) is 0. The molecule has 11 heavy (non-hydrogen) atoms. The minimum absolute atomic E-state index is 0.0185. The maximum absolute atomic E-state index is 10.8. The second kappa shape index (κ2) is 3.22. The Hall–Kier alpha value is -0.570. The van der Waals surface area contributed by atoms with Crippen molar-refractivity contribution in [1.82, 2.24) is 4.90 Å². The first-order valence-electron chi connectivity index (χ1n) is 4.22. The molecule has 0 saturated carbocycles. The lowest BCUT2D eigenvalue weighted by atomic mass is 9.99. The van der Waals surface area contributed by atoms with Gasteiger partial charge >= 0.3 is 0 Å². The van der Waals surface area contributed by atoms with Crippen LogP contribution < -0.4 is 5.73 Å². The third kappa shape index (κ3) is 1.53. The number of carbonyl (C=O) groups excluding carboxylic acids is 1. The minimum Gasteiger partial charge on any atom is -0.368 e. The Balaban J connectivity index is 2.42. The maximum Gasteiger partial charge on any atom is 0.234 e. The van der Waals surface area contributed by atoms with Gasteiger partial charge in [-0.25, -0.2) is 0 Å². The number of nitrogens with zero attached hydrogens (tertiary/aromatic N) is 1. The number of hydrogen-bond acceptors (Lipinski definition) is 2. The van der Waals surface area contributed by atoms with Crippen LogP contribution in [0.3, 0.4) is 0 Å². The van der Waals surface area contributed by atoms with Gasteiger partial charge in [-0.2, -0.15) is 0 Å². The number of carbonyl (C=O) groups is 1. The molecule has 0 bridgehead atoms. The number of likely N-dealkylation sites (tertiary alicyclic amines) is 1. The second-order valence-electron chi connectivity index (χ2n) is 3.20. The first-order valence-corrected chi connectivity index (χ1v) is 4.22. The predicted octanol–water partition coefficient (Wildman–Crippen LogP) is 0.345. The molecule has 1 saturated heterocycles. The lowest BCUT2D eigenvalue weighted by Gasteiger charge is -2.42. The quantitative estimate of drug-likeness (QED) is 0.640. The highest BCUT2D eigenvalue weighted by atomic mass is 16.1. The van der Waals surface area contributed by atoms with Crippen molar-refractivity contribution in [2.45, 2.75) is 38.8 Å². The zero-order chi connectivity index (χ0) is 8.43. The maximum atomic E-state index is 10.8. The van der Waals surface area contributed by atoms with Crippen LogP contribution in [0.25, 0.3) is 0 Å². The highest BCUT2D eigenvalue weighted by Gasteiger charge is 2.34. The zero-order valence-corrected chi connectivity index (χ0v) is 7.21. The first kappa shape index (κ1) is 8.53. The number of nitrogens with two attached hydrogens (primary N) is 1. The average molecular weight is 156 g/mol. The van der Waals surface area contributed by atoms with Crippen LogP contribution in [0.1, 0.15) is 26.7 Å². The van der Waals surface area contributed by atoms with Crippen LogP contribution in [0.2, 0.25) is 0 Å². The molecular formula is C8H16N2O. The number of amides is 1. The zero-order valence-electron chi connectivity index (χ0n) is 7.21.